The van der Waals surface area contributed by atoms with Crippen LogP contribution in [0.1, 0.15) is 27.0 Å². The molecule has 1 amide bonds. The van der Waals surface area contributed by atoms with Gasteiger partial charge >= 0.3 is 0 Å². The Balaban J connectivity index is 2.17. The van der Waals surface area contributed by atoms with Gasteiger partial charge in [-0.15, -0.1) is 0 Å². The summed E-state index contributed by atoms with van der Waals surface area (Å²) in [5.41, 5.74) is 4.27. The number of carbonyl (C=O) groups excluding carboxylic acids is 1. The number of nitrogens with one attached hydrogen (secondary N) is 1. The Kier molecular flexibility index (Phi) is 4.76. The normalized spacial score (nSPS) is 9.67. The van der Waals surface area contributed by atoms with Crippen LogP contribution < -0.4 is 5.32 Å². The second-order valence-corrected chi connectivity index (χ2v) is 4.76. The Hall–Kier alpha value is -2.57. The van der Waals surface area contributed by atoms with Crippen LogP contribution in [0.25, 0.3) is 0 Å². The molecule has 0 aliphatic carbocycles. The van der Waals surface area contributed by atoms with Crippen molar-refractivity contribution < 1.29 is 9.90 Å². The first-order valence-electron chi connectivity index (χ1n) is 6.69. The molecule has 0 unspecified atom stereocenters. The lowest BCUT2D eigenvalue weighted by molar-refractivity contribution is 0.102. The minimum Gasteiger partial charge on any atom is -0.384 e. The SMILES string of the molecule is Cc1cccc(C)c1NC(=O)c1ccc(C#CCO)cc1. The van der Waals surface area contributed by atoms with E-state index >= 15 is 0 Å². The first-order chi connectivity index (χ1) is 10.1. The highest BCUT2D eigenvalue weighted by molar-refractivity contribution is 6.05. The molecule has 0 atom stereocenters. The number of benzene rings is 2. The van der Waals surface area contributed by atoms with Crippen LogP contribution in [0, 0.1) is 25.7 Å². The summed E-state index contributed by atoms with van der Waals surface area (Å²) in [7, 11) is 0. The topological polar surface area (TPSA) is 49.3 Å². The van der Waals surface area contributed by atoms with E-state index in [1.807, 2.05) is 32.0 Å². The molecule has 0 spiro atoms. The molecule has 0 saturated carbocycles. The summed E-state index contributed by atoms with van der Waals surface area (Å²) < 4.78 is 0. The third-order valence-electron chi connectivity index (χ3n) is 3.18. The van der Waals surface area contributed by atoms with Crippen LogP contribution in [0.3, 0.4) is 0 Å². The predicted octanol–water partition coefficient (Wildman–Crippen LogP) is 2.90. The number of aliphatic hydroxyl groups excluding tert-OH is 1. The van der Waals surface area contributed by atoms with Gasteiger partial charge in [0, 0.05) is 16.8 Å². The third kappa shape index (κ3) is 3.71. The van der Waals surface area contributed by atoms with E-state index in [0.29, 0.717) is 5.56 Å². The number of para-hydroxylation sites is 1. The molecule has 0 bridgehead atoms. The van der Waals surface area contributed by atoms with Crippen molar-refractivity contribution >= 4 is 11.6 Å². The largest absolute Gasteiger partial charge is 0.384 e. The van der Waals surface area contributed by atoms with Crippen LogP contribution in [0.15, 0.2) is 42.5 Å². The average Bonchev–Trinajstić information content (AvgIpc) is 2.49. The molecular formula is C18H17NO2. The lowest BCUT2D eigenvalue weighted by atomic mass is 10.1. The fourth-order valence-corrected chi connectivity index (χ4v) is 2.04. The summed E-state index contributed by atoms with van der Waals surface area (Å²) >= 11 is 0. The molecule has 3 heteroatoms. The van der Waals surface area contributed by atoms with Crippen LogP contribution in [-0.2, 0) is 0 Å². The maximum absolute atomic E-state index is 12.3. The molecule has 0 heterocycles. The molecule has 2 aromatic carbocycles. The second kappa shape index (κ2) is 6.74. The minimum absolute atomic E-state index is 0.144. The molecule has 2 aromatic rings. The number of anilines is 1. The van der Waals surface area contributed by atoms with E-state index in [1.54, 1.807) is 24.3 Å². The van der Waals surface area contributed by atoms with Gasteiger partial charge in [-0.2, -0.15) is 0 Å². The molecule has 0 aliphatic heterocycles. The van der Waals surface area contributed by atoms with Crippen molar-refractivity contribution in [2.75, 3.05) is 11.9 Å². The summed E-state index contributed by atoms with van der Waals surface area (Å²) in [6.07, 6.45) is 0. The van der Waals surface area contributed by atoms with Crippen molar-refractivity contribution in [3.8, 4) is 11.8 Å². The maximum atomic E-state index is 12.3. The lowest BCUT2D eigenvalue weighted by Crippen LogP contribution is -2.13. The van der Waals surface area contributed by atoms with Gasteiger partial charge in [0.25, 0.3) is 5.91 Å². The molecule has 2 rings (SSSR count). The average molecular weight is 279 g/mol. The lowest BCUT2D eigenvalue weighted by Gasteiger charge is -2.11. The zero-order chi connectivity index (χ0) is 15.2. The van der Waals surface area contributed by atoms with Crippen LogP contribution in [0.2, 0.25) is 0 Å². The van der Waals surface area contributed by atoms with Gasteiger partial charge in [-0.25, -0.2) is 0 Å². The van der Waals surface area contributed by atoms with Crippen LogP contribution >= 0.6 is 0 Å². The minimum atomic E-state index is -0.172. The number of hydrogen-bond acceptors (Lipinski definition) is 2. The summed E-state index contributed by atoms with van der Waals surface area (Å²) in [5.74, 6) is 5.23. The van der Waals surface area contributed by atoms with Crippen LogP contribution in [-0.4, -0.2) is 17.6 Å². The van der Waals surface area contributed by atoms with Crippen molar-refractivity contribution in [3.05, 3.63) is 64.7 Å². The van der Waals surface area contributed by atoms with E-state index in [2.05, 4.69) is 17.2 Å². The monoisotopic (exact) mass is 279 g/mol. The molecule has 21 heavy (non-hydrogen) atoms. The standard InChI is InChI=1S/C18H17NO2/c1-13-5-3-6-14(2)17(13)19-18(21)16-10-8-15(9-11-16)7-4-12-20/h3,5-6,8-11,20H,12H2,1-2H3,(H,19,21). The van der Waals surface area contributed by atoms with Crippen LogP contribution in [0.4, 0.5) is 5.69 Å². The number of aryl methyl sites for hydroxylation is 2. The highest BCUT2D eigenvalue weighted by atomic mass is 16.2. The molecule has 106 valence electrons. The highest BCUT2D eigenvalue weighted by Crippen LogP contribution is 2.20. The molecule has 2 N–H and O–H groups in total. The van der Waals surface area contributed by atoms with Crippen molar-refractivity contribution in [3.63, 3.8) is 0 Å². The second-order valence-electron chi connectivity index (χ2n) is 4.76. The van der Waals surface area contributed by atoms with Gasteiger partial charge in [0.05, 0.1) is 0 Å². The molecule has 3 nitrogen and oxygen atoms in total. The summed E-state index contributed by atoms with van der Waals surface area (Å²) in [4.78, 5) is 12.3. The maximum Gasteiger partial charge on any atom is 0.255 e. The third-order valence-corrected chi connectivity index (χ3v) is 3.18. The molecule has 0 aliphatic rings. The van der Waals surface area contributed by atoms with E-state index < -0.39 is 0 Å². The Labute approximate surface area is 124 Å². The van der Waals surface area contributed by atoms with Gasteiger partial charge in [-0.05, 0) is 49.2 Å². The Morgan fingerprint density at radius 2 is 1.71 bits per heavy atom. The Morgan fingerprint density at radius 1 is 1.10 bits per heavy atom. The molecule has 0 saturated heterocycles. The van der Waals surface area contributed by atoms with Crippen molar-refractivity contribution in [1.82, 2.24) is 0 Å². The number of rotatable bonds is 2. The van der Waals surface area contributed by atoms with E-state index in [9.17, 15) is 4.79 Å². The van der Waals surface area contributed by atoms with Crippen molar-refractivity contribution in [2.24, 2.45) is 0 Å². The van der Waals surface area contributed by atoms with E-state index in [0.717, 1.165) is 22.4 Å². The molecular weight excluding hydrogens is 262 g/mol. The smallest absolute Gasteiger partial charge is 0.255 e. The number of hydrogen-bond donors (Lipinski definition) is 2. The van der Waals surface area contributed by atoms with Gasteiger partial charge < -0.3 is 10.4 Å². The van der Waals surface area contributed by atoms with Gasteiger partial charge in [0.2, 0.25) is 0 Å². The first kappa shape index (κ1) is 14.8. The zero-order valence-electron chi connectivity index (χ0n) is 12.1. The highest BCUT2D eigenvalue weighted by Gasteiger charge is 2.09. The fourth-order valence-electron chi connectivity index (χ4n) is 2.04. The molecule has 0 radical (unpaired) electrons. The first-order valence-corrected chi connectivity index (χ1v) is 6.69. The van der Waals surface area contributed by atoms with Gasteiger partial charge in [-0.1, -0.05) is 30.0 Å². The summed E-state index contributed by atoms with van der Waals surface area (Å²) in [6.45, 7) is 3.77. The van der Waals surface area contributed by atoms with E-state index in [1.165, 1.54) is 0 Å². The Morgan fingerprint density at radius 3 is 2.29 bits per heavy atom. The predicted molar refractivity (Wildman–Crippen MR) is 84.3 cm³/mol. The van der Waals surface area contributed by atoms with E-state index in [4.69, 9.17) is 5.11 Å². The Bertz CT molecular complexity index is 686. The quantitative estimate of drug-likeness (QED) is 0.830. The van der Waals surface area contributed by atoms with Crippen molar-refractivity contribution in [1.29, 1.82) is 0 Å². The molecule has 0 aromatic heterocycles. The summed E-state index contributed by atoms with van der Waals surface area (Å²) in [5, 5.41) is 11.6. The fraction of sp³-hybridized carbons (Fsp3) is 0.167. The number of carbonyl (C=O) groups is 1. The van der Waals surface area contributed by atoms with E-state index in [-0.39, 0.29) is 12.5 Å². The van der Waals surface area contributed by atoms with Gasteiger partial charge in [-0.3, -0.25) is 4.79 Å². The number of aliphatic hydroxyl groups is 1. The molecule has 0 fully saturated rings. The zero-order valence-corrected chi connectivity index (χ0v) is 12.1. The number of amides is 1. The van der Waals surface area contributed by atoms with Crippen LogP contribution in [0.5, 0.6) is 0 Å². The summed E-state index contributed by atoms with van der Waals surface area (Å²) in [6, 6.07) is 12.9. The van der Waals surface area contributed by atoms with Crippen molar-refractivity contribution in [2.45, 2.75) is 13.8 Å². The van der Waals surface area contributed by atoms with Gasteiger partial charge in [0.1, 0.15) is 6.61 Å². The van der Waals surface area contributed by atoms with Gasteiger partial charge in [0.15, 0.2) is 0 Å².